The molecule has 3 heterocycles. The number of ether oxygens (including phenoxy) is 1. The molecule has 1 aromatic rings. The zero-order valence-corrected chi connectivity index (χ0v) is 14.8. The van der Waals surface area contributed by atoms with Gasteiger partial charge in [0.1, 0.15) is 12.6 Å². The lowest BCUT2D eigenvalue weighted by Gasteiger charge is -2.28. The molecule has 0 aromatic heterocycles. The number of anilines is 2. The summed E-state index contributed by atoms with van der Waals surface area (Å²) < 4.78 is 33.2. The van der Waals surface area contributed by atoms with Gasteiger partial charge in [-0.15, -0.1) is 0 Å². The van der Waals surface area contributed by atoms with Crippen molar-refractivity contribution in [1.82, 2.24) is 4.31 Å². The van der Waals surface area contributed by atoms with Gasteiger partial charge in [0.15, 0.2) is 0 Å². The third-order valence-electron chi connectivity index (χ3n) is 4.90. The molecule has 2 atom stereocenters. The Balaban J connectivity index is 1.67. The first-order valence-electron chi connectivity index (χ1n) is 8.33. The van der Waals surface area contributed by atoms with Crippen molar-refractivity contribution in [3.63, 3.8) is 0 Å². The normalized spacial score (nSPS) is 28.4. The van der Waals surface area contributed by atoms with Crippen LogP contribution in [0.5, 0.6) is 0 Å². The highest BCUT2D eigenvalue weighted by Crippen LogP contribution is 2.39. The van der Waals surface area contributed by atoms with Crippen LogP contribution in [0.15, 0.2) is 24.3 Å². The van der Waals surface area contributed by atoms with Crippen LogP contribution < -0.4 is 14.9 Å². The number of hydrogen-bond acceptors (Lipinski definition) is 5. The van der Waals surface area contributed by atoms with Gasteiger partial charge < -0.3 is 15.4 Å². The predicted molar refractivity (Wildman–Crippen MR) is 93.4 cm³/mol. The van der Waals surface area contributed by atoms with Crippen molar-refractivity contribution in [3.05, 3.63) is 30.7 Å². The van der Waals surface area contributed by atoms with Crippen molar-refractivity contribution in [2.75, 3.05) is 35.5 Å². The highest BCUT2D eigenvalue weighted by atomic mass is 32.2. The summed E-state index contributed by atoms with van der Waals surface area (Å²) in [7, 11) is -3.83. The molecule has 1 unspecified atom stereocenters. The molecule has 1 radical (unpaired) electrons. The number of hydrogen-bond donors (Lipinski definition) is 1. The molecule has 10 heteroatoms. The summed E-state index contributed by atoms with van der Waals surface area (Å²) in [6.45, 7) is 1.26. The van der Waals surface area contributed by atoms with Gasteiger partial charge >= 0.3 is 10.2 Å². The largest absolute Gasteiger partial charge is 0.370 e. The molecule has 2 amide bonds. The Labute approximate surface area is 151 Å². The maximum absolute atomic E-state index is 12.9. The molecule has 0 aliphatic carbocycles. The van der Waals surface area contributed by atoms with E-state index >= 15 is 0 Å². The second-order valence-electron chi connectivity index (χ2n) is 6.39. The number of primary amides is 1. The second kappa shape index (κ2) is 6.22. The lowest BCUT2D eigenvalue weighted by molar-refractivity contribution is -0.125. The van der Waals surface area contributed by atoms with Crippen molar-refractivity contribution in [2.24, 2.45) is 5.73 Å². The predicted octanol–water partition coefficient (Wildman–Crippen LogP) is -0.753. The lowest BCUT2D eigenvalue weighted by atomic mass is 10.1. The van der Waals surface area contributed by atoms with Crippen LogP contribution >= 0.6 is 0 Å². The Bertz CT molecular complexity index is 841. The molecule has 0 spiro atoms. The number of benzene rings is 1. The summed E-state index contributed by atoms with van der Waals surface area (Å²) in [5.41, 5.74) is 6.51. The van der Waals surface area contributed by atoms with Crippen molar-refractivity contribution in [3.8, 4) is 0 Å². The fourth-order valence-corrected chi connectivity index (χ4v) is 5.71. The Kier molecular flexibility index (Phi) is 4.13. The van der Waals surface area contributed by atoms with Crippen LogP contribution in [0.2, 0.25) is 0 Å². The van der Waals surface area contributed by atoms with E-state index in [1.807, 2.05) is 6.42 Å². The van der Waals surface area contributed by atoms with Gasteiger partial charge in [-0.2, -0.15) is 12.7 Å². The zero-order valence-electron chi connectivity index (χ0n) is 13.9. The van der Waals surface area contributed by atoms with E-state index in [1.54, 1.807) is 29.2 Å². The quantitative estimate of drug-likeness (QED) is 0.742. The molecule has 26 heavy (non-hydrogen) atoms. The molecule has 3 aliphatic rings. The smallest absolute Gasteiger partial charge is 0.305 e. The van der Waals surface area contributed by atoms with Crippen LogP contribution in [-0.2, 0) is 24.5 Å². The zero-order chi connectivity index (χ0) is 18.5. The van der Waals surface area contributed by atoms with Gasteiger partial charge in [-0.25, -0.2) is 4.31 Å². The number of carbonyl (C=O) groups excluding carboxylic acids is 2. The van der Waals surface area contributed by atoms with Gasteiger partial charge in [-0.3, -0.25) is 9.59 Å². The van der Waals surface area contributed by atoms with Crippen LogP contribution in [-0.4, -0.2) is 62.9 Å². The molecule has 2 N–H and O–H groups in total. The number of amides is 2. The SMILES string of the molecule is NC(=O)C1[C@H]2[CH]CCN2S(=O)(=O)N1c1ccc(N2CCOCC2=O)cc1. The van der Waals surface area contributed by atoms with Crippen LogP contribution in [0, 0.1) is 6.42 Å². The standard InChI is InChI=1S/C16H19N4O5S/c17-16(22)15-13-2-1-7-19(13)26(23,24)20(15)12-5-3-11(4-6-12)18-8-9-25-10-14(18)21/h2-6,13,15H,1,7-10H2,(H2,17,22)/t13-,15?/m1/s1. The van der Waals surface area contributed by atoms with E-state index in [0.717, 1.165) is 4.31 Å². The topological polar surface area (TPSA) is 113 Å². The summed E-state index contributed by atoms with van der Waals surface area (Å²) >= 11 is 0. The van der Waals surface area contributed by atoms with E-state index in [4.69, 9.17) is 10.5 Å². The number of nitrogens with two attached hydrogens (primary N) is 1. The first kappa shape index (κ1) is 17.3. The van der Waals surface area contributed by atoms with E-state index in [0.29, 0.717) is 37.5 Å². The van der Waals surface area contributed by atoms with Crippen LogP contribution in [0.3, 0.4) is 0 Å². The lowest BCUT2D eigenvalue weighted by Crippen LogP contribution is -2.47. The minimum Gasteiger partial charge on any atom is -0.370 e. The molecule has 3 aliphatic heterocycles. The number of fused-ring (bicyclic) bond motifs is 1. The minimum atomic E-state index is -3.83. The molecule has 1 aromatic carbocycles. The first-order valence-corrected chi connectivity index (χ1v) is 9.73. The summed E-state index contributed by atoms with van der Waals surface area (Å²) in [5.74, 6) is -0.838. The van der Waals surface area contributed by atoms with Crippen molar-refractivity contribution in [1.29, 1.82) is 0 Å². The van der Waals surface area contributed by atoms with Gasteiger partial charge in [0, 0.05) is 18.8 Å². The van der Waals surface area contributed by atoms with Crippen molar-refractivity contribution >= 4 is 33.4 Å². The van der Waals surface area contributed by atoms with Gasteiger partial charge in [-0.1, -0.05) is 0 Å². The van der Waals surface area contributed by atoms with E-state index in [-0.39, 0.29) is 12.5 Å². The summed E-state index contributed by atoms with van der Waals surface area (Å²) in [6, 6.07) is 5.00. The number of morpholine rings is 1. The summed E-state index contributed by atoms with van der Waals surface area (Å²) in [5, 5.41) is 0. The van der Waals surface area contributed by atoms with Crippen LogP contribution in [0.25, 0.3) is 0 Å². The van der Waals surface area contributed by atoms with Gasteiger partial charge in [0.25, 0.3) is 5.91 Å². The van der Waals surface area contributed by atoms with E-state index in [9.17, 15) is 18.0 Å². The molecule has 4 rings (SSSR count). The fraction of sp³-hybridized carbons (Fsp3) is 0.438. The number of carbonyl (C=O) groups is 2. The molecule has 3 saturated heterocycles. The molecule has 0 bridgehead atoms. The maximum atomic E-state index is 12.9. The second-order valence-corrected chi connectivity index (χ2v) is 8.15. The van der Waals surface area contributed by atoms with Gasteiger partial charge in [0.05, 0.1) is 18.3 Å². The Hall–Kier alpha value is -2.17. The summed E-state index contributed by atoms with van der Waals surface area (Å²) in [6.07, 6.45) is 2.41. The maximum Gasteiger partial charge on any atom is 0.305 e. The number of rotatable bonds is 3. The Morgan fingerprint density at radius 2 is 1.85 bits per heavy atom. The summed E-state index contributed by atoms with van der Waals surface area (Å²) in [4.78, 5) is 25.5. The van der Waals surface area contributed by atoms with Crippen LogP contribution in [0.4, 0.5) is 11.4 Å². The highest BCUT2D eigenvalue weighted by Gasteiger charge is 2.55. The van der Waals surface area contributed by atoms with E-state index in [1.165, 1.54) is 4.31 Å². The number of nitrogens with zero attached hydrogens (tertiary/aromatic N) is 3. The third-order valence-corrected chi connectivity index (χ3v) is 6.86. The fourth-order valence-electron chi connectivity index (χ4n) is 3.74. The monoisotopic (exact) mass is 379 g/mol. The third kappa shape index (κ3) is 2.56. The Morgan fingerprint density at radius 1 is 1.15 bits per heavy atom. The average molecular weight is 379 g/mol. The molecular formula is C16H19N4O5S. The highest BCUT2D eigenvalue weighted by molar-refractivity contribution is 7.90. The Morgan fingerprint density at radius 3 is 2.50 bits per heavy atom. The van der Waals surface area contributed by atoms with Gasteiger partial charge in [-0.05, 0) is 37.1 Å². The molecular weight excluding hydrogens is 360 g/mol. The van der Waals surface area contributed by atoms with Crippen molar-refractivity contribution in [2.45, 2.75) is 18.5 Å². The van der Waals surface area contributed by atoms with E-state index < -0.39 is 28.2 Å². The molecule has 139 valence electrons. The molecule has 3 fully saturated rings. The first-order chi connectivity index (χ1) is 12.4. The van der Waals surface area contributed by atoms with Gasteiger partial charge in [0.2, 0.25) is 5.91 Å². The average Bonchev–Trinajstić information content (AvgIpc) is 3.17. The molecule has 0 saturated carbocycles. The van der Waals surface area contributed by atoms with Crippen molar-refractivity contribution < 1.29 is 22.7 Å². The minimum absolute atomic E-state index is 0.0263. The van der Waals surface area contributed by atoms with E-state index in [2.05, 4.69) is 0 Å². The van der Waals surface area contributed by atoms with Crippen LogP contribution in [0.1, 0.15) is 6.42 Å². The molecule has 9 nitrogen and oxygen atoms in total.